The van der Waals surface area contributed by atoms with E-state index in [9.17, 15) is 9.59 Å². The summed E-state index contributed by atoms with van der Waals surface area (Å²) in [6.45, 7) is 6.23. The van der Waals surface area contributed by atoms with Gasteiger partial charge in [0.1, 0.15) is 0 Å². The van der Waals surface area contributed by atoms with Gasteiger partial charge in [0.25, 0.3) is 0 Å². The standard InChI is InChI=1S/C21H33N5O2/c1-15(2)20(28)25-18-7-5-17(6-8-18)14-24-21(23-4)26-11-9-16(10-12-26)13-19(27)22-3/h5-8,15-16H,9-14H2,1-4H3,(H,22,27)(H,23,24)(H,25,28). The molecule has 0 bridgehead atoms. The van der Waals surface area contributed by atoms with Gasteiger partial charge in [-0.05, 0) is 36.5 Å². The molecule has 0 aromatic heterocycles. The number of benzene rings is 1. The number of nitrogens with zero attached hydrogens (tertiary/aromatic N) is 2. The molecular formula is C21H33N5O2. The van der Waals surface area contributed by atoms with Crippen molar-refractivity contribution in [3.8, 4) is 0 Å². The second-order valence-electron chi connectivity index (χ2n) is 7.55. The molecule has 0 saturated carbocycles. The zero-order valence-corrected chi connectivity index (χ0v) is 17.4. The summed E-state index contributed by atoms with van der Waals surface area (Å²) in [4.78, 5) is 29.9. The monoisotopic (exact) mass is 387 g/mol. The van der Waals surface area contributed by atoms with Crippen LogP contribution in [0.2, 0.25) is 0 Å². The summed E-state index contributed by atoms with van der Waals surface area (Å²) in [5.41, 5.74) is 1.93. The Balaban J connectivity index is 1.81. The first-order valence-electron chi connectivity index (χ1n) is 9.99. The highest BCUT2D eigenvalue weighted by Crippen LogP contribution is 2.20. The summed E-state index contributed by atoms with van der Waals surface area (Å²) in [6, 6.07) is 7.85. The molecule has 1 aliphatic rings. The summed E-state index contributed by atoms with van der Waals surface area (Å²) < 4.78 is 0. The molecule has 3 N–H and O–H groups in total. The Morgan fingerprint density at radius 3 is 2.36 bits per heavy atom. The van der Waals surface area contributed by atoms with Crippen LogP contribution in [0.3, 0.4) is 0 Å². The van der Waals surface area contributed by atoms with Gasteiger partial charge in [-0.25, -0.2) is 0 Å². The van der Waals surface area contributed by atoms with Crippen molar-refractivity contribution in [1.82, 2.24) is 15.5 Å². The van der Waals surface area contributed by atoms with Crippen LogP contribution in [0.1, 0.15) is 38.7 Å². The molecular weight excluding hydrogens is 354 g/mol. The fourth-order valence-corrected chi connectivity index (χ4v) is 3.22. The number of rotatable bonds is 6. The Labute approximate surface area is 168 Å². The first-order valence-corrected chi connectivity index (χ1v) is 9.99. The van der Waals surface area contributed by atoms with Crippen LogP contribution in [0.25, 0.3) is 0 Å². The number of piperidine rings is 1. The van der Waals surface area contributed by atoms with E-state index in [-0.39, 0.29) is 17.7 Å². The lowest BCUT2D eigenvalue weighted by Crippen LogP contribution is -2.45. The van der Waals surface area contributed by atoms with Crippen molar-refractivity contribution in [2.45, 2.75) is 39.7 Å². The van der Waals surface area contributed by atoms with Crippen LogP contribution in [0.15, 0.2) is 29.3 Å². The molecule has 0 unspecified atom stereocenters. The second-order valence-corrected chi connectivity index (χ2v) is 7.55. The molecule has 1 saturated heterocycles. The van der Waals surface area contributed by atoms with Crippen molar-refractivity contribution in [2.24, 2.45) is 16.8 Å². The van der Waals surface area contributed by atoms with E-state index < -0.39 is 0 Å². The molecule has 1 aliphatic heterocycles. The van der Waals surface area contributed by atoms with E-state index in [1.165, 1.54) is 0 Å². The first-order chi connectivity index (χ1) is 13.4. The Bertz CT molecular complexity index is 677. The number of hydrogen-bond acceptors (Lipinski definition) is 3. The van der Waals surface area contributed by atoms with Gasteiger partial charge in [-0.3, -0.25) is 14.6 Å². The van der Waals surface area contributed by atoms with Gasteiger partial charge in [-0.1, -0.05) is 26.0 Å². The van der Waals surface area contributed by atoms with Crippen molar-refractivity contribution < 1.29 is 9.59 Å². The van der Waals surface area contributed by atoms with Crippen LogP contribution < -0.4 is 16.0 Å². The van der Waals surface area contributed by atoms with Gasteiger partial charge in [0.15, 0.2) is 5.96 Å². The van der Waals surface area contributed by atoms with Crippen molar-refractivity contribution in [1.29, 1.82) is 0 Å². The molecule has 154 valence electrons. The summed E-state index contributed by atoms with van der Waals surface area (Å²) in [6.07, 6.45) is 2.60. The highest BCUT2D eigenvalue weighted by molar-refractivity contribution is 5.92. The second kappa shape index (κ2) is 10.7. The zero-order valence-electron chi connectivity index (χ0n) is 17.4. The van der Waals surface area contributed by atoms with E-state index in [1.54, 1.807) is 14.1 Å². The molecule has 28 heavy (non-hydrogen) atoms. The number of amides is 2. The molecule has 0 spiro atoms. The van der Waals surface area contributed by atoms with Crippen molar-refractivity contribution in [2.75, 3.05) is 32.5 Å². The summed E-state index contributed by atoms with van der Waals surface area (Å²) >= 11 is 0. The smallest absolute Gasteiger partial charge is 0.226 e. The number of guanidine groups is 1. The zero-order chi connectivity index (χ0) is 20.5. The number of aliphatic imine (C=N–C) groups is 1. The maximum atomic E-state index is 11.8. The highest BCUT2D eigenvalue weighted by Gasteiger charge is 2.23. The molecule has 2 amide bonds. The molecule has 1 aromatic carbocycles. The molecule has 0 aliphatic carbocycles. The van der Waals surface area contributed by atoms with Crippen molar-refractivity contribution in [3.05, 3.63) is 29.8 Å². The Morgan fingerprint density at radius 1 is 1.18 bits per heavy atom. The molecule has 7 nitrogen and oxygen atoms in total. The third-order valence-corrected chi connectivity index (χ3v) is 5.08. The maximum absolute atomic E-state index is 11.8. The summed E-state index contributed by atoms with van der Waals surface area (Å²) in [7, 11) is 3.48. The lowest BCUT2D eigenvalue weighted by atomic mass is 9.93. The topological polar surface area (TPSA) is 85.8 Å². The predicted octanol–water partition coefficient (Wildman–Crippen LogP) is 2.20. The van der Waals surface area contributed by atoms with Gasteiger partial charge in [0, 0.05) is 51.8 Å². The van der Waals surface area contributed by atoms with Crippen LogP contribution in [0.5, 0.6) is 0 Å². The quantitative estimate of drug-likeness (QED) is 0.516. The summed E-state index contributed by atoms with van der Waals surface area (Å²) in [5.74, 6) is 1.43. The number of anilines is 1. The number of hydrogen-bond donors (Lipinski definition) is 3. The van der Waals surface area contributed by atoms with Gasteiger partial charge >= 0.3 is 0 Å². The normalized spacial score (nSPS) is 15.5. The first kappa shape index (κ1) is 21.7. The van der Waals surface area contributed by atoms with Crippen molar-refractivity contribution >= 4 is 23.5 Å². The molecule has 1 aromatic rings. The molecule has 0 atom stereocenters. The van der Waals surface area contributed by atoms with Gasteiger partial charge < -0.3 is 20.9 Å². The minimum absolute atomic E-state index is 0.0195. The molecule has 1 heterocycles. The predicted molar refractivity (Wildman–Crippen MR) is 113 cm³/mol. The fourth-order valence-electron chi connectivity index (χ4n) is 3.22. The van der Waals surface area contributed by atoms with Crippen LogP contribution >= 0.6 is 0 Å². The van der Waals surface area contributed by atoms with Crippen molar-refractivity contribution in [3.63, 3.8) is 0 Å². The molecule has 2 rings (SSSR count). The third kappa shape index (κ3) is 6.55. The SMILES string of the molecule is CN=C(NCc1ccc(NC(=O)C(C)C)cc1)N1CCC(CC(=O)NC)CC1. The van der Waals surface area contributed by atoms with Crippen LogP contribution in [0.4, 0.5) is 5.69 Å². The van der Waals surface area contributed by atoms with E-state index >= 15 is 0 Å². The van der Waals surface area contributed by atoms with Gasteiger partial charge in [-0.2, -0.15) is 0 Å². The largest absolute Gasteiger partial charge is 0.359 e. The van der Waals surface area contributed by atoms with Crippen LogP contribution in [-0.4, -0.2) is 49.9 Å². The van der Waals surface area contributed by atoms with Gasteiger partial charge in [0.05, 0.1) is 0 Å². The lowest BCUT2D eigenvalue weighted by Gasteiger charge is -2.34. The fraction of sp³-hybridized carbons (Fsp3) is 0.571. The highest BCUT2D eigenvalue weighted by atomic mass is 16.2. The third-order valence-electron chi connectivity index (χ3n) is 5.08. The molecule has 1 fully saturated rings. The van der Waals surface area contributed by atoms with Gasteiger partial charge in [0.2, 0.25) is 11.8 Å². The average molecular weight is 388 g/mol. The Hall–Kier alpha value is -2.57. The van der Waals surface area contributed by atoms with Crippen LogP contribution in [0, 0.1) is 11.8 Å². The van der Waals surface area contributed by atoms with E-state index in [2.05, 4.69) is 25.8 Å². The van der Waals surface area contributed by atoms with E-state index in [1.807, 2.05) is 38.1 Å². The maximum Gasteiger partial charge on any atom is 0.226 e. The van der Waals surface area contributed by atoms with Crippen LogP contribution in [-0.2, 0) is 16.1 Å². The average Bonchev–Trinajstić information content (AvgIpc) is 2.70. The Morgan fingerprint density at radius 2 is 1.82 bits per heavy atom. The minimum Gasteiger partial charge on any atom is -0.359 e. The van der Waals surface area contributed by atoms with E-state index in [0.29, 0.717) is 18.9 Å². The Kier molecular flexibility index (Phi) is 8.29. The molecule has 7 heteroatoms. The van der Waals surface area contributed by atoms with Gasteiger partial charge in [-0.15, -0.1) is 0 Å². The minimum atomic E-state index is -0.0369. The number of likely N-dealkylation sites (tertiary alicyclic amines) is 1. The van der Waals surface area contributed by atoms with E-state index in [0.717, 1.165) is 43.1 Å². The number of nitrogens with one attached hydrogen (secondary N) is 3. The lowest BCUT2D eigenvalue weighted by molar-refractivity contribution is -0.122. The molecule has 0 radical (unpaired) electrons. The number of carbonyl (C=O) groups excluding carboxylic acids is 2. The van der Waals surface area contributed by atoms with E-state index in [4.69, 9.17) is 0 Å². The summed E-state index contributed by atoms with van der Waals surface area (Å²) in [5, 5.41) is 9.01. The number of carbonyl (C=O) groups is 2.